The third kappa shape index (κ3) is 3.72. The minimum absolute atomic E-state index is 0.0158. The molecule has 126 valence electrons. The van der Waals surface area contributed by atoms with Gasteiger partial charge in [0.1, 0.15) is 0 Å². The molecule has 3 rings (SSSR count). The van der Waals surface area contributed by atoms with Gasteiger partial charge in [-0.05, 0) is 50.3 Å². The summed E-state index contributed by atoms with van der Waals surface area (Å²) >= 11 is 6.13. The standard InChI is InChI=1S/C17H24ClN3O2/c18-13-6-7-16(20-8-2-1-3-9-20)15(11-13)19-17(23)21-10-4-5-14(21)12-22/h6-7,11,14,22H,1-5,8-10,12H2,(H,19,23)/t14-/m1/s1. The summed E-state index contributed by atoms with van der Waals surface area (Å²) in [6.45, 7) is 2.72. The van der Waals surface area contributed by atoms with Crippen molar-refractivity contribution in [1.82, 2.24) is 4.90 Å². The molecule has 0 unspecified atom stereocenters. The molecule has 0 aromatic heterocycles. The quantitative estimate of drug-likeness (QED) is 0.889. The lowest BCUT2D eigenvalue weighted by Crippen LogP contribution is -2.41. The zero-order valence-electron chi connectivity index (χ0n) is 13.3. The van der Waals surface area contributed by atoms with E-state index >= 15 is 0 Å². The predicted molar refractivity (Wildman–Crippen MR) is 93.3 cm³/mol. The molecule has 1 aromatic carbocycles. The third-order valence-electron chi connectivity index (χ3n) is 4.75. The monoisotopic (exact) mass is 337 g/mol. The summed E-state index contributed by atoms with van der Waals surface area (Å²) in [4.78, 5) is 16.6. The number of aliphatic hydroxyl groups is 1. The number of urea groups is 1. The summed E-state index contributed by atoms with van der Waals surface area (Å²) in [5.74, 6) is 0. The lowest BCUT2D eigenvalue weighted by molar-refractivity contribution is 0.166. The molecule has 6 heteroatoms. The second kappa shape index (κ2) is 7.41. The van der Waals surface area contributed by atoms with Crippen LogP contribution in [0.4, 0.5) is 16.2 Å². The zero-order chi connectivity index (χ0) is 16.2. The van der Waals surface area contributed by atoms with E-state index in [-0.39, 0.29) is 18.7 Å². The molecule has 0 spiro atoms. The minimum atomic E-state index is -0.151. The van der Waals surface area contributed by atoms with Gasteiger partial charge in [-0.1, -0.05) is 11.6 Å². The lowest BCUT2D eigenvalue weighted by Gasteiger charge is -2.31. The van der Waals surface area contributed by atoms with Crippen LogP contribution in [0.5, 0.6) is 0 Å². The van der Waals surface area contributed by atoms with Crippen molar-refractivity contribution in [1.29, 1.82) is 0 Å². The molecule has 0 saturated carbocycles. The van der Waals surface area contributed by atoms with Crippen LogP contribution in [0, 0.1) is 0 Å². The fourth-order valence-electron chi connectivity index (χ4n) is 3.50. The summed E-state index contributed by atoms with van der Waals surface area (Å²) in [6.07, 6.45) is 5.41. The highest BCUT2D eigenvalue weighted by molar-refractivity contribution is 6.31. The van der Waals surface area contributed by atoms with Crippen LogP contribution >= 0.6 is 11.6 Å². The number of amides is 2. The number of likely N-dealkylation sites (tertiary alicyclic amines) is 1. The fraction of sp³-hybridized carbons (Fsp3) is 0.588. The van der Waals surface area contributed by atoms with Crippen molar-refractivity contribution in [2.75, 3.05) is 36.5 Å². The number of aliphatic hydroxyl groups excluding tert-OH is 1. The van der Waals surface area contributed by atoms with E-state index in [0.717, 1.165) is 37.3 Å². The second-order valence-electron chi connectivity index (χ2n) is 6.31. The Bertz CT molecular complexity index is 561. The molecule has 5 nitrogen and oxygen atoms in total. The van der Waals surface area contributed by atoms with E-state index in [9.17, 15) is 9.90 Å². The fourth-order valence-corrected chi connectivity index (χ4v) is 3.67. The van der Waals surface area contributed by atoms with E-state index in [1.807, 2.05) is 18.2 Å². The van der Waals surface area contributed by atoms with Crippen LogP contribution in [0.2, 0.25) is 5.02 Å². The Hall–Kier alpha value is -1.46. The maximum Gasteiger partial charge on any atom is 0.322 e. The summed E-state index contributed by atoms with van der Waals surface area (Å²) in [6, 6.07) is 5.44. The second-order valence-corrected chi connectivity index (χ2v) is 6.75. The smallest absolute Gasteiger partial charge is 0.322 e. The highest BCUT2D eigenvalue weighted by Gasteiger charge is 2.28. The van der Waals surface area contributed by atoms with Gasteiger partial charge in [0.25, 0.3) is 0 Å². The maximum absolute atomic E-state index is 12.6. The first-order valence-electron chi connectivity index (χ1n) is 8.42. The first kappa shape index (κ1) is 16.4. The summed E-state index contributed by atoms with van der Waals surface area (Å²) in [5, 5.41) is 13.0. The number of halogens is 1. The van der Waals surface area contributed by atoms with Crippen LogP contribution < -0.4 is 10.2 Å². The van der Waals surface area contributed by atoms with Crippen molar-refractivity contribution in [2.24, 2.45) is 0 Å². The van der Waals surface area contributed by atoms with Crippen LogP contribution in [-0.2, 0) is 0 Å². The van der Waals surface area contributed by atoms with E-state index in [1.54, 1.807) is 4.90 Å². The molecule has 1 atom stereocenters. The van der Waals surface area contributed by atoms with Gasteiger partial charge in [-0.3, -0.25) is 0 Å². The van der Waals surface area contributed by atoms with Crippen molar-refractivity contribution < 1.29 is 9.90 Å². The van der Waals surface area contributed by atoms with Crippen molar-refractivity contribution in [2.45, 2.75) is 38.1 Å². The van der Waals surface area contributed by atoms with Crippen molar-refractivity contribution in [3.8, 4) is 0 Å². The Morgan fingerprint density at radius 1 is 1.22 bits per heavy atom. The van der Waals surface area contributed by atoms with Gasteiger partial charge >= 0.3 is 6.03 Å². The van der Waals surface area contributed by atoms with E-state index in [4.69, 9.17) is 11.6 Å². The van der Waals surface area contributed by atoms with Gasteiger partial charge in [-0.2, -0.15) is 0 Å². The van der Waals surface area contributed by atoms with Crippen molar-refractivity contribution >= 4 is 29.0 Å². The number of carbonyl (C=O) groups is 1. The maximum atomic E-state index is 12.6. The lowest BCUT2D eigenvalue weighted by atomic mass is 10.1. The third-order valence-corrected chi connectivity index (χ3v) is 4.98. The normalized spacial score (nSPS) is 21.6. The molecular formula is C17H24ClN3O2. The number of nitrogens with one attached hydrogen (secondary N) is 1. The summed E-state index contributed by atoms with van der Waals surface area (Å²) in [7, 11) is 0. The Kier molecular flexibility index (Phi) is 5.28. The molecule has 2 heterocycles. The van der Waals surface area contributed by atoms with Crippen LogP contribution in [-0.4, -0.2) is 48.3 Å². The molecule has 2 saturated heterocycles. The molecule has 0 bridgehead atoms. The number of piperidine rings is 1. The first-order valence-corrected chi connectivity index (χ1v) is 8.80. The number of anilines is 2. The Morgan fingerprint density at radius 3 is 2.74 bits per heavy atom. The van der Waals surface area contributed by atoms with Crippen LogP contribution in [0.15, 0.2) is 18.2 Å². The molecule has 2 fully saturated rings. The van der Waals surface area contributed by atoms with E-state index in [1.165, 1.54) is 19.3 Å². The zero-order valence-corrected chi connectivity index (χ0v) is 14.1. The SMILES string of the molecule is O=C(Nc1cc(Cl)ccc1N1CCCCC1)N1CCC[C@@H]1CO. The summed E-state index contributed by atoms with van der Waals surface area (Å²) < 4.78 is 0. The largest absolute Gasteiger partial charge is 0.394 e. The van der Waals surface area contributed by atoms with Crippen LogP contribution in [0.25, 0.3) is 0 Å². The van der Waals surface area contributed by atoms with Gasteiger partial charge in [0.15, 0.2) is 0 Å². The van der Waals surface area contributed by atoms with Crippen LogP contribution in [0.1, 0.15) is 32.1 Å². The van der Waals surface area contributed by atoms with E-state index < -0.39 is 0 Å². The summed E-state index contributed by atoms with van der Waals surface area (Å²) in [5.41, 5.74) is 1.79. The van der Waals surface area contributed by atoms with Gasteiger partial charge in [0, 0.05) is 24.7 Å². The number of rotatable bonds is 3. The molecule has 2 amide bonds. The molecule has 23 heavy (non-hydrogen) atoms. The number of hydrogen-bond acceptors (Lipinski definition) is 3. The average molecular weight is 338 g/mol. The highest BCUT2D eigenvalue weighted by atomic mass is 35.5. The number of hydrogen-bond donors (Lipinski definition) is 2. The minimum Gasteiger partial charge on any atom is -0.394 e. The molecule has 0 aliphatic carbocycles. The number of benzene rings is 1. The van der Waals surface area contributed by atoms with E-state index in [0.29, 0.717) is 11.6 Å². The molecule has 0 radical (unpaired) electrons. The average Bonchev–Trinajstić information content (AvgIpc) is 3.04. The Morgan fingerprint density at radius 2 is 2.00 bits per heavy atom. The van der Waals surface area contributed by atoms with Crippen molar-refractivity contribution in [3.63, 3.8) is 0 Å². The molecule has 2 aliphatic rings. The first-order chi connectivity index (χ1) is 11.2. The van der Waals surface area contributed by atoms with Crippen LogP contribution in [0.3, 0.4) is 0 Å². The predicted octanol–water partition coefficient (Wildman–Crippen LogP) is 3.32. The Balaban J connectivity index is 1.78. The highest BCUT2D eigenvalue weighted by Crippen LogP contribution is 2.32. The van der Waals surface area contributed by atoms with Gasteiger partial charge in [0.05, 0.1) is 24.0 Å². The van der Waals surface area contributed by atoms with E-state index in [2.05, 4.69) is 10.2 Å². The van der Waals surface area contributed by atoms with Gasteiger partial charge in [0.2, 0.25) is 0 Å². The topological polar surface area (TPSA) is 55.8 Å². The molecule has 2 aliphatic heterocycles. The molecule has 2 N–H and O–H groups in total. The number of carbonyl (C=O) groups excluding carboxylic acids is 1. The Labute approximate surface area is 142 Å². The van der Waals surface area contributed by atoms with Gasteiger partial charge < -0.3 is 20.2 Å². The molecular weight excluding hydrogens is 314 g/mol. The molecule has 1 aromatic rings. The van der Waals surface area contributed by atoms with Crippen molar-refractivity contribution in [3.05, 3.63) is 23.2 Å². The van der Waals surface area contributed by atoms with Gasteiger partial charge in [-0.15, -0.1) is 0 Å². The number of nitrogens with zero attached hydrogens (tertiary/aromatic N) is 2. The van der Waals surface area contributed by atoms with Gasteiger partial charge in [-0.25, -0.2) is 4.79 Å².